The van der Waals surface area contributed by atoms with E-state index in [1.165, 1.54) is 7.11 Å². The Hall–Kier alpha value is -2.31. The minimum absolute atomic E-state index is 0.0240. The van der Waals surface area contributed by atoms with Crippen molar-refractivity contribution in [2.45, 2.75) is 25.4 Å². The lowest BCUT2D eigenvalue weighted by molar-refractivity contribution is -0.136. The van der Waals surface area contributed by atoms with Crippen molar-refractivity contribution < 1.29 is 14.6 Å². The van der Waals surface area contributed by atoms with E-state index in [0.29, 0.717) is 6.54 Å². The molecule has 1 N–H and O–H groups in total. The fraction of sp³-hybridized carbons (Fsp3) is 0.421. The minimum atomic E-state index is 0.0240. The third kappa shape index (κ3) is 4.21. The predicted octanol–water partition coefficient (Wildman–Crippen LogP) is 1.99. The van der Waals surface area contributed by atoms with Crippen molar-refractivity contribution in [1.29, 1.82) is 0 Å². The zero-order chi connectivity index (χ0) is 17.6. The molecule has 132 valence electrons. The highest BCUT2D eigenvalue weighted by Crippen LogP contribution is 2.27. The standard InChI is InChI=1S/C19H23N3O3/c1-25-13-19(24)22-8-2-3-16(11-22)18-10-20-9-17(21-18)15-6-4-14(12-23)5-7-15/h4-7,9-10,16,23H,2-3,8,11-13H2,1H3/t16-/m1/s1. The number of benzene rings is 1. The maximum Gasteiger partial charge on any atom is 0.248 e. The summed E-state index contributed by atoms with van der Waals surface area (Å²) in [4.78, 5) is 23.0. The van der Waals surface area contributed by atoms with Crippen LogP contribution in [-0.4, -0.2) is 52.7 Å². The number of carbonyl (C=O) groups excluding carboxylic acids is 1. The summed E-state index contributed by atoms with van der Waals surface area (Å²) < 4.78 is 4.96. The molecular formula is C19H23N3O3. The van der Waals surface area contributed by atoms with Crippen LogP contribution < -0.4 is 0 Å². The van der Waals surface area contributed by atoms with Gasteiger partial charge in [0.15, 0.2) is 0 Å². The molecule has 2 heterocycles. The molecule has 1 fully saturated rings. The summed E-state index contributed by atoms with van der Waals surface area (Å²) in [5.74, 6) is 0.217. The molecule has 1 atom stereocenters. The Kier molecular flexibility index (Phi) is 5.73. The SMILES string of the molecule is COCC(=O)N1CCC[C@@H](c2cncc(-c3ccc(CO)cc3)n2)C1. The Labute approximate surface area is 147 Å². The number of carbonyl (C=O) groups is 1. The fourth-order valence-corrected chi connectivity index (χ4v) is 3.16. The van der Waals surface area contributed by atoms with Crippen molar-refractivity contribution in [3.63, 3.8) is 0 Å². The molecule has 0 bridgehead atoms. The number of aromatic nitrogens is 2. The highest BCUT2D eigenvalue weighted by molar-refractivity contribution is 5.77. The van der Waals surface area contributed by atoms with Gasteiger partial charge in [-0.25, -0.2) is 4.98 Å². The molecular weight excluding hydrogens is 318 g/mol. The van der Waals surface area contributed by atoms with Crippen LogP contribution in [0.15, 0.2) is 36.7 Å². The van der Waals surface area contributed by atoms with Gasteiger partial charge in [-0.05, 0) is 18.4 Å². The summed E-state index contributed by atoms with van der Waals surface area (Å²) in [6, 6.07) is 7.65. The van der Waals surface area contributed by atoms with E-state index in [4.69, 9.17) is 14.8 Å². The number of aliphatic hydroxyl groups is 1. The van der Waals surface area contributed by atoms with Crippen LogP contribution in [0.5, 0.6) is 0 Å². The van der Waals surface area contributed by atoms with Crippen LogP contribution in [0.2, 0.25) is 0 Å². The number of aliphatic hydroxyl groups excluding tert-OH is 1. The number of nitrogens with zero attached hydrogens (tertiary/aromatic N) is 3. The third-order valence-corrected chi connectivity index (χ3v) is 4.55. The predicted molar refractivity (Wildman–Crippen MR) is 93.8 cm³/mol. The van der Waals surface area contributed by atoms with Gasteiger partial charge in [0.1, 0.15) is 6.61 Å². The highest BCUT2D eigenvalue weighted by Gasteiger charge is 2.25. The number of methoxy groups -OCH3 is 1. The summed E-state index contributed by atoms with van der Waals surface area (Å²) in [6.45, 7) is 1.58. The number of rotatable bonds is 5. The van der Waals surface area contributed by atoms with Gasteiger partial charge in [-0.2, -0.15) is 0 Å². The van der Waals surface area contributed by atoms with Crippen LogP contribution in [0.25, 0.3) is 11.3 Å². The van der Waals surface area contributed by atoms with Crippen molar-refractivity contribution >= 4 is 5.91 Å². The second kappa shape index (κ2) is 8.18. The number of amides is 1. The molecule has 1 amide bonds. The molecule has 0 radical (unpaired) electrons. The van der Waals surface area contributed by atoms with Gasteiger partial charge in [0.2, 0.25) is 5.91 Å². The first-order valence-corrected chi connectivity index (χ1v) is 8.50. The Bertz CT molecular complexity index is 718. The molecule has 0 aliphatic carbocycles. The van der Waals surface area contributed by atoms with Gasteiger partial charge in [0, 0.05) is 37.9 Å². The number of ether oxygens (including phenoxy) is 1. The maximum atomic E-state index is 12.1. The first kappa shape index (κ1) is 17.5. The molecule has 0 unspecified atom stereocenters. The van der Waals surface area contributed by atoms with Crippen LogP contribution in [0.1, 0.15) is 30.0 Å². The van der Waals surface area contributed by atoms with Crippen LogP contribution in [-0.2, 0) is 16.1 Å². The quantitative estimate of drug-likeness (QED) is 0.900. The number of likely N-dealkylation sites (tertiary alicyclic amines) is 1. The number of piperidine rings is 1. The first-order chi connectivity index (χ1) is 12.2. The molecule has 2 aromatic rings. The zero-order valence-corrected chi connectivity index (χ0v) is 14.4. The topological polar surface area (TPSA) is 75.5 Å². The lowest BCUT2D eigenvalue weighted by Crippen LogP contribution is -2.41. The van der Waals surface area contributed by atoms with Gasteiger partial charge < -0.3 is 14.7 Å². The second-order valence-electron chi connectivity index (χ2n) is 6.30. The lowest BCUT2D eigenvalue weighted by atomic mass is 9.94. The average Bonchev–Trinajstić information content (AvgIpc) is 2.68. The van der Waals surface area contributed by atoms with Crippen LogP contribution in [0.3, 0.4) is 0 Å². The lowest BCUT2D eigenvalue weighted by Gasteiger charge is -2.32. The van der Waals surface area contributed by atoms with E-state index in [0.717, 1.165) is 41.9 Å². The fourth-order valence-electron chi connectivity index (χ4n) is 3.16. The van der Waals surface area contributed by atoms with E-state index in [-0.39, 0.29) is 25.0 Å². The summed E-state index contributed by atoms with van der Waals surface area (Å²) in [5.41, 5.74) is 3.56. The van der Waals surface area contributed by atoms with E-state index in [1.54, 1.807) is 12.4 Å². The molecule has 1 aliphatic heterocycles. The molecule has 1 aliphatic rings. The smallest absolute Gasteiger partial charge is 0.248 e. The van der Waals surface area contributed by atoms with Gasteiger partial charge >= 0.3 is 0 Å². The Morgan fingerprint density at radius 2 is 2.12 bits per heavy atom. The van der Waals surface area contributed by atoms with Crippen molar-refractivity contribution in [1.82, 2.24) is 14.9 Å². The average molecular weight is 341 g/mol. The van der Waals surface area contributed by atoms with Crippen LogP contribution in [0, 0.1) is 0 Å². The Morgan fingerprint density at radius 3 is 2.84 bits per heavy atom. The number of hydrogen-bond donors (Lipinski definition) is 1. The highest BCUT2D eigenvalue weighted by atomic mass is 16.5. The molecule has 6 nitrogen and oxygen atoms in total. The molecule has 25 heavy (non-hydrogen) atoms. The largest absolute Gasteiger partial charge is 0.392 e. The number of hydrogen-bond acceptors (Lipinski definition) is 5. The van der Waals surface area contributed by atoms with Crippen molar-refractivity contribution in [2.24, 2.45) is 0 Å². The van der Waals surface area contributed by atoms with Crippen molar-refractivity contribution in [2.75, 3.05) is 26.8 Å². The summed E-state index contributed by atoms with van der Waals surface area (Å²) in [5, 5.41) is 9.15. The van der Waals surface area contributed by atoms with Crippen molar-refractivity contribution in [3.8, 4) is 11.3 Å². The summed E-state index contributed by atoms with van der Waals surface area (Å²) in [7, 11) is 1.54. The molecule has 6 heteroatoms. The zero-order valence-electron chi connectivity index (χ0n) is 14.4. The van der Waals surface area contributed by atoms with E-state index in [2.05, 4.69) is 4.98 Å². The van der Waals surface area contributed by atoms with E-state index in [9.17, 15) is 4.79 Å². The second-order valence-corrected chi connectivity index (χ2v) is 6.30. The summed E-state index contributed by atoms with van der Waals surface area (Å²) in [6.07, 6.45) is 5.49. The molecule has 1 saturated heterocycles. The molecule has 1 aromatic heterocycles. The minimum Gasteiger partial charge on any atom is -0.392 e. The molecule has 0 saturated carbocycles. The van der Waals surface area contributed by atoms with Gasteiger partial charge in [0.25, 0.3) is 0 Å². The molecule has 3 rings (SSSR count). The molecule has 1 aromatic carbocycles. The Morgan fingerprint density at radius 1 is 1.32 bits per heavy atom. The van der Waals surface area contributed by atoms with E-state index >= 15 is 0 Å². The normalized spacial score (nSPS) is 17.5. The summed E-state index contributed by atoms with van der Waals surface area (Å²) >= 11 is 0. The van der Waals surface area contributed by atoms with Gasteiger partial charge in [-0.3, -0.25) is 9.78 Å². The molecule has 0 spiro atoms. The maximum absolute atomic E-state index is 12.1. The van der Waals surface area contributed by atoms with Crippen LogP contribution in [0.4, 0.5) is 0 Å². The van der Waals surface area contributed by atoms with Gasteiger partial charge in [0.05, 0.1) is 24.2 Å². The Balaban J connectivity index is 1.77. The van der Waals surface area contributed by atoms with E-state index < -0.39 is 0 Å². The van der Waals surface area contributed by atoms with Gasteiger partial charge in [-0.15, -0.1) is 0 Å². The van der Waals surface area contributed by atoms with E-state index in [1.807, 2.05) is 29.2 Å². The first-order valence-electron chi connectivity index (χ1n) is 8.50. The monoisotopic (exact) mass is 341 g/mol. The third-order valence-electron chi connectivity index (χ3n) is 4.55. The van der Waals surface area contributed by atoms with Crippen LogP contribution >= 0.6 is 0 Å². The van der Waals surface area contributed by atoms with Crippen molar-refractivity contribution in [3.05, 3.63) is 47.9 Å². The van der Waals surface area contributed by atoms with Gasteiger partial charge in [-0.1, -0.05) is 24.3 Å².